The van der Waals surface area contributed by atoms with Crippen LogP contribution in [0.5, 0.6) is 11.5 Å². The predicted molar refractivity (Wildman–Crippen MR) is 128 cm³/mol. The van der Waals surface area contributed by atoms with Gasteiger partial charge in [0, 0.05) is 6.08 Å². The van der Waals surface area contributed by atoms with Gasteiger partial charge in [0.05, 0.1) is 13.2 Å². The molecule has 0 saturated heterocycles. The molecular weight excluding hydrogens is 404 g/mol. The molecule has 0 radical (unpaired) electrons. The Hall–Kier alpha value is -3.28. The number of amides is 2. The Labute approximate surface area is 190 Å². The van der Waals surface area contributed by atoms with Crippen molar-refractivity contribution in [1.82, 2.24) is 5.32 Å². The molecule has 0 aliphatic carbocycles. The maximum absolute atomic E-state index is 12.6. The molecule has 1 unspecified atom stereocenters. The maximum atomic E-state index is 12.6. The lowest BCUT2D eigenvalue weighted by Gasteiger charge is -2.24. The van der Waals surface area contributed by atoms with Crippen LogP contribution in [0.25, 0.3) is 6.08 Å². The van der Waals surface area contributed by atoms with Crippen molar-refractivity contribution in [2.75, 3.05) is 13.7 Å². The van der Waals surface area contributed by atoms with Gasteiger partial charge in [0.15, 0.2) is 18.1 Å². The molecule has 3 N–H and O–H groups in total. The largest absolute Gasteiger partial charge is 0.493 e. The summed E-state index contributed by atoms with van der Waals surface area (Å²) in [6.07, 6.45) is 3.20. The second-order valence-electron chi connectivity index (χ2n) is 9.10. The number of primary amides is 1. The molecule has 2 rings (SSSR count). The van der Waals surface area contributed by atoms with E-state index in [9.17, 15) is 9.59 Å². The van der Waals surface area contributed by atoms with Gasteiger partial charge in [-0.2, -0.15) is 0 Å². The summed E-state index contributed by atoms with van der Waals surface area (Å²) in [5.41, 5.74) is 8.29. The lowest BCUT2D eigenvalue weighted by molar-refractivity contribution is -0.120. The van der Waals surface area contributed by atoms with Crippen molar-refractivity contribution in [2.24, 2.45) is 11.7 Å². The Bertz CT molecular complexity index is 957. The van der Waals surface area contributed by atoms with Crippen LogP contribution in [0.4, 0.5) is 0 Å². The van der Waals surface area contributed by atoms with Gasteiger partial charge in [-0.05, 0) is 46.2 Å². The van der Waals surface area contributed by atoms with Crippen LogP contribution in [0.15, 0.2) is 48.5 Å². The van der Waals surface area contributed by atoms with E-state index in [4.69, 9.17) is 15.2 Å². The second-order valence-corrected chi connectivity index (χ2v) is 9.10. The predicted octanol–water partition coefficient (Wildman–Crippen LogP) is 4.38. The van der Waals surface area contributed by atoms with Crippen LogP contribution in [-0.4, -0.2) is 25.5 Å². The van der Waals surface area contributed by atoms with E-state index in [0.29, 0.717) is 11.5 Å². The number of hydrogen-bond donors (Lipinski definition) is 2. The molecule has 0 bridgehead atoms. The molecule has 0 saturated carbocycles. The van der Waals surface area contributed by atoms with E-state index >= 15 is 0 Å². The molecule has 0 aliphatic heterocycles. The first-order valence-electron chi connectivity index (χ1n) is 10.7. The van der Waals surface area contributed by atoms with Gasteiger partial charge in [-0.1, -0.05) is 65.0 Å². The molecule has 1 atom stereocenters. The average molecular weight is 439 g/mol. The second kappa shape index (κ2) is 10.8. The van der Waals surface area contributed by atoms with Crippen LogP contribution in [0.1, 0.15) is 57.4 Å². The number of rotatable bonds is 9. The maximum Gasteiger partial charge on any atom is 0.255 e. The van der Waals surface area contributed by atoms with Crippen molar-refractivity contribution in [3.63, 3.8) is 0 Å². The number of carbonyl (C=O) groups is 2. The summed E-state index contributed by atoms with van der Waals surface area (Å²) in [4.78, 5) is 23.5. The zero-order valence-electron chi connectivity index (χ0n) is 19.8. The summed E-state index contributed by atoms with van der Waals surface area (Å²) in [6, 6.07) is 13.5. The summed E-state index contributed by atoms with van der Waals surface area (Å²) in [7, 11) is 1.50. The first-order valence-corrected chi connectivity index (χ1v) is 10.7. The highest BCUT2D eigenvalue weighted by molar-refractivity contribution is 5.92. The quantitative estimate of drug-likeness (QED) is 0.568. The van der Waals surface area contributed by atoms with Crippen molar-refractivity contribution < 1.29 is 19.1 Å². The summed E-state index contributed by atoms with van der Waals surface area (Å²) in [6.45, 7) is 10.5. The fraction of sp³-hybridized carbons (Fsp3) is 0.385. The molecule has 6 nitrogen and oxygen atoms in total. The minimum atomic E-state index is -0.569. The summed E-state index contributed by atoms with van der Waals surface area (Å²) in [5, 5.41) is 3.10. The van der Waals surface area contributed by atoms with Crippen molar-refractivity contribution in [2.45, 2.75) is 46.1 Å². The van der Waals surface area contributed by atoms with Crippen molar-refractivity contribution in [1.29, 1.82) is 0 Å². The molecule has 0 aliphatic rings. The first kappa shape index (κ1) is 25.0. The minimum Gasteiger partial charge on any atom is -0.493 e. The highest BCUT2D eigenvalue weighted by atomic mass is 16.5. The zero-order chi connectivity index (χ0) is 23.9. The van der Waals surface area contributed by atoms with Crippen molar-refractivity contribution in [3.05, 3.63) is 65.2 Å². The topological polar surface area (TPSA) is 90.7 Å². The molecule has 0 heterocycles. The van der Waals surface area contributed by atoms with Crippen molar-refractivity contribution in [3.8, 4) is 11.5 Å². The molecule has 32 heavy (non-hydrogen) atoms. The lowest BCUT2D eigenvalue weighted by Crippen LogP contribution is -2.30. The highest BCUT2D eigenvalue weighted by Crippen LogP contribution is 2.29. The molecule has 0 spiro atoms. The lowest BCUT2D eigenvalue weighted by atomic mass is 9.85. The highest BCUT2D eigenvalue weighted by Gasteiger charge is 2.19. The minimum absolute atomic E-state index is 0.0827. The Morgan fingerprint density at radius 3 is 2.25 bits per heavy atom. The third kappa shape index (κ3) is 7.15. The van der Waals surface area contributed by atoms with Gasteiger partial charge in [-0.25, -0.2) is 0 Å². The molecule has 2 aromatic carbocycles. The van der Waals surface area contributed by atoms with Gasteiger partial charge in [0.25, 0.3) is 5.91 Å². The normalized spacial score (nSPS) is 12.6. The van der Waals surface area contributed by atoms with E-state index < -0.39 is 5.91 Å². The van der Waals surface area contributed by atoms with E-state index in [1.165, 1.54) is 18.7 Å². The van der Waals surface area contributed by atoms with Crippen LogP contribution < -0.4 is 20.5 Å². The average Bonchev–Trinajstić information content (AvgIpc) is 2.74. The Morgan fingerprint density at radius 1 is 1.06 bits per heavy atom. The van der Waals surface area contributed by atoms with Crippen LogP contribution in [0.2, 0.25) is 0 Å². The van der Waals surface area contributed by atoms with Crippen LogP contribution in [-0.2, 0) is 15.0 Å². The monoisotopic (exact) mass is 438 g/mol. The number of benzene rings is 2. The number of nitrogens with one attached hydrogen (secondary N) is 1. The Kier molecular flexibility index (Phi) is 8.47. The van der Waals surface area contributed by atoms with Gasteiger partial charge >= 0.3 is 0 Å². The summed E-state index contributed by atoms with van der Waals surface area (Å²) >= 11 is 0. The molecule has 172 valence electrons. The number of methoxy groups -OCH3 is 1. The van der Waals surface area contributed by atoms with Gasteiger partial charge in [-0.3, -0.25) is 9.59 Å². The molecular formula is C26H34N2O4. The van der Waals surface area contributed by atoms with Gasteiger partial charge in [0.2, 0.25) is 5.91 Å². The Morgan fingerprint density at radius 2 is 1.72 bits per heavy atom. The molecule has 6 heteroatoms. The number of hydrogen-bond acceptors (Lipinski definition) is 4. The van der Waals surface area contributed by atoms with Gasteiger partial charge in [0.1, 0.15) is 0 Å². The molecule has 0 fully saturated rings. The van der Waals surface area contributed by atoms with Crippen LogP contribution in [0, 0.1) is 5.92 Å². The fourth-order valence-corrected chi connectivity index (χ4v) is 3.25. The van der Waals surface area contributed by atoms with E-state index in [2.05, 4.69) is 64.2 Å². The van der Waals surface area contributed by atoms with E-state index in [1.54, 1.807) is 24.3 Å². The van der Waals surface area contributed by atoms with E-state index in [-0.39, 0.29) is 29.9 Å². The summed E-state index contributed by atoms with van der Waals surface area (Å²) in [5.74, 6) is 0.339. The molecule has 0 aromatic heterocycles. The number of nitrogens with two attached hydrogens (primary N) is 1. The number of carbonyl (C=O) groups excluding carboxylic acids is 2. The smallest absolute Gasteiger partial charge is 0.255 e. The number of ether oxygens (including phenoxy) is 2. The fourth-order valence-electron chi connectivity index (χ4n) is 3.25. The van der Waals surface area contributed by atoms with Crippen LogP contribution >= 0.6 is 0 Å². The Balaban J connectivity index is 2.11. The van der Waals surface area contributed by atoms with Crippen molar-refractivity contribution >= 4 is 17.9 Å². The molecule has 2 amide bonds. The molecule has 2 aromatic rings. The third-order valence-corrected chi connectivity index (χ3v) is 5.09. The SMILES string of the molecule is COc1cc(/C=C/C(=O)NC(c2ccc(C(C)(C)C)cc2)C(C)C)ccc1OCC(N)=O. The van der Waals surface area contributed by atoms with Crippen LogP contribution in [0.3, 0.4) is 0 Å². The first-order chi connectivity index (χ1) is 15.0. The van der Waals surface area contributed by atoms with Gasteiger partial charge in [-0.15, -0.1) is 0 Å². The zero-order valence-corrected chi connectivity index (χ0v) is 19.8. The van der Waals surface area contributed by atoms with E-state index in [0.717, 1.165) is 11.1 Å². The standard InChI is InChI=1S/C26H34N2O4/c1-17(2)25(19-9-11-20(12-10-19)26(3,4)5)28-24(30)14-8-18-7-13-21(22(15-18)31-6)32-16-23(27)29/h7-15,17,25H,16H2,1-6H3,(H2,27,29)(H,28,30)/b14-8+. The van der Waals surface area contributed by atoms with Gasteiger partial charge < -0.3 is 20.5 Å². The summed E-state index contributed by atoms with van der Waals surface area (Å²) < 4.78 is 10.6. The third-order valence-electron chi connectivity index (χ3n) is 5.09. The van der Waals surface area contributed by atoms with E-state index in [1.807, 2.05) is 0 Å².